The van der Waals surface area contributed by atoms with Gasteiger partial charge < -0.3 is 14.6 Å². The van der Waals surface area contributed by atoms with Crippen molar-refractivity contribution in [2.75, 3.05) is 39.3 Å². The molecule has 0 spiro atoms. The lowest BCUT2D eigenvalue weighted by molar-refractivity contribution is -0.274. The van der Waals surface area contributed by atoms with Crippen molar-refractivity contribution in [2.24, 2.45) is 0 Å². The monoisotopic (exact) mass is 528 g/mol. The predicted octanol–water partition coefficient (Wildman–Crippen LogP) is 3.64. The van der Waals surface area contributed by atoms with E-state index >= 15 is 0 Å². The topological polar surface area (TPSA) is 79.3 Å². The van der Waals surface area contributed by atoms with Crippen molar-refractivity contribution in [3.05, 3.63) is 52.5 Å². The van der Waals surface area contributed by atoms with E-state index in [1.807, 2.05) is 4.90 Å². The normalized spacial score (nSPS) is 17.0. The number of rotatable bonds is 8. The van der Waals surface area contributed by atoms with E-state index in [0.29, 0.717) is 28.9 Å². The molecule has 7 nitrogen and oxygen atoms in total. The number of nitrogens with zero attached hydrogens (tertiary/aromatic N) is 2. The minimum Gasteiger partial charge on any atom is -0.489 e. The lowest BCUT2D eigenvalue weighted by Gasteiger charge is -2.34. The number of β-amino-alcohol motifs (C(OH)–C–C–N with tert-alkyl or cyclic N) is 1. The Labute approximate surface area is 199 Å². The summed E-state index contributed by atoms with van der Waals surface area (Å²) >= 11 is 11.9. The van der Waals surface area contributed by atoms with Gasteiger partial charge >= 0.3 is 6.36 Å². The Morgan fingerprint density at radius 3 is 2.27 bits per heavy atom. The molecule has 0 aliphatic carbocycles. The summed E-state index contributed by atoms with van der Waals surface area (Å²) in [6.45, 7) is 1.29. The molecule has 1 fully saturated rings. The van der Waals surface area contributed by atoms with Gasteiger partial charge in [-0.1, -0.05) is 23.2 Å². The molecule has 1 heterocycles. The fraction of sp³-hybridized carbons (Fsp3) is 0.400. The first-order valence-electron chi connectivity index (χ1n) is 9.78. The maximum atomic E-state index is 12.8. The van der Waals surface area contributed by atoms with Crippen LogP contribution < -0.4 is 9.47 Å². The van der Waals surface area contributed by atoms with Crippen molar-refractivity contribution in [3.63, 3.8) is 0 Å². The average molecular weight is 529 g/mol. The Hall–Kier alpha value is -1.76. The van der Waals surface area contributed by atoms with Crippen LogP contribution in [0.4, 0.5) is 13.2 Å². The molecule has 1 saturated heterocycles. The summed E-state index contributed by atoms with van der Waals surface area (Å²) in [4.78, 5) is 1.76. The lowest BCUT2D eigenvalue weighted by atomic mass is 10.3. The van der Waals surface area contributed by atoms with Crippen LogP contribution in [0.25, 0.3) is 0 Å². The fourth-order valence-corrected chi connectivity index (χ4v) is 5.00. The van der Waals surface area contributed by atoms with Crippen molar-refractivity contribution < 1.29 is 36.2 Å². The molecule has 0 amide bonds. The Kier molecular flexibility index (Phi) is 8.35. The largest absolute Gasteiger partial charge is 0.573 e. The minimum absolute atomic E-state index is 0.0229. The molecule has 2 aromatic carbocycles. The van der Waals surface area contributed by atoms with Crippen molar-refractivity contribution in [1.29, 1.82) is 0 Å². The van der Waals surface area contributed by atoms with E-state index in [9.17, 15) is 26.7 Å². The number of alkyl halides is 3. The summed E-state index contributed by atoms with van der Waals surface area (Å²) in [7, 11) is -3.87. The Morgan fingerprint density at radius 2 is 1.67 bits per heavy atom. The van der Waals surface area contributed by atoms with Crippen LogP contribution in [0.5, 0.6) is 11.5 Å². The number of piperazine rings is 1. The summed E-state index contributed by atoms with van der Waals surface area (Å²) in [5.74, 6) is -0.146. The van der Waals surface area contributed by atoms with Gasteiger partial charge in [0.05, 0.1) is 9.92 Å². The Balaban J connectivity index is 1.49. The fourth-order valence-electron chi connectivity index (χ4n) is 3.24. The molecular formula is C20H21Cl2F3N2O5S. The number of benzene rings is 2. The molecule has 2 aromatic rings. The van der Waals surface area contributed by atoms with Crippen LogP contribution in [0.2, 0.25) is 10.0 Å². The highest BCUT2D eigenvalue weighted by molar-refractivity contribution is 7.89. The van der Waals surface area contributed by atoms with E-state index in [-0.39, 0.29) is 31.1 Å². The molecule has 0 bridgehead atoms. The lowest BCUT2D eigenvalue weighted by Crippen LogP contribution is -2.50. The van der Waals surface area contributed by atoms with Gasteiger partial charge in [0.2, 0.25) is 10.0 Å². The van der Waals surface area contributed by atoms with Gasteiger partial charge in [0.1, 0.15) is 24.2 Å². The van der Waals surface area contributed by atoms with Crippen molar-refractivity contribution >= 4 is 33.2 Å². The first-order chi connectivity index (χ1) is 15.4. The van der Waals surface area contributed by atoms with Crippen LogP contribution in [0.1, 0.15) is 0 Å². The summed E-state index contributed by atoms with van der Waals surface area (Å²) in [5, 5.41) is 11.1. The quantitative estimate of drug-likeness (QED) is 0.563. The summed E-state index contributed by atoms with van der Waals surface area (Å²) in [6, 6.07) is 8.81. The number of hydrogen-bond acceptors (Lipinski definition) is 6. The second kappa shape index (κ2) is 10.7. The highest BCUT2D eigenvalue weighted by atomic mass is 35.5. The van der Waals surface area contributed by atoms with E-state index in [0.717, 1.165) is 24.3 Å². The third-order valence-electron chi connectivity index (χ3n) is 4.82. The molecule has 0 aromatic heterocycles. The minimum atomic E-state index is -4.85. The van der Waals surface area contributed by atoms with Crippen molar-refractivity contribution in [3.8, 4) is 11.5 Å². The van der Waals surface area contributed by atoms with Crippen LogP contribution in [-0.4, -0.2) is 74.5 Å². The molecule has 1 aliphatic rings. The van der Waals surface area contributed by atoms with E-state index in [1.165, 1.54) is 4.31 Å². The molecule has 1 N–H and O–H groups in total. The van der Waals surface area contributed by atoms with Crippen LogP contribution >= 0.6 is 23.2 Å². The van der Waals surface area contributed by atoms with Crippen LogP contribution in [0.3, 0.4) is 0 Å². The van der Waals surface area contributed by atoms with Gasteiger partial charge in [-0.3, -0.25) is 4.90 Å². The zero-order chi connectivity index (χ0) is 24.2. The second-order valence-corrected chi connectivity index (χ2v) is 10.0. The summed E-state index contributed by atoms with van der Waals surface area (Å²) in [5.41, 5.74) is 0. The molecule has 33 heavy (non-hydrogen) atoms. The number of aliphatic hydroxyl groups excluding tert-OH is 1. The number of halogens is 5. The maximum absolute atomic E-state index is 12.8. The van der Waals surface area contributed by atoms with Crippen LogP contribution in [0.15, 0.2) is 47.4 Å². The van der Waals surface area contributed by atoms with Gasteiger partial charge in [-0.25, -0.2) is 8.42 Å². The molecule has 1 unspecified atom stereocenters. The second-order valence-electron chi connectivity index (χ2n) is 7.26. The Morgan fingerprint density at radius 1 is 1.03 bits per heavy atom. The first kappa shape index (κ1) is 25.9. The number of ether oxygens (including phenoxy) is 2. The smallest absolute Gasteiger partial charge is 0.489 e. The van der Waals surface area contributed by atoms with Gasteiger partial charge in [0.25, 0.3) is 0 Å². The van der Waals surface area contributed by atoms with Gasteiger partial charge in [-0.2, -0.15) is 4.31 Å². The summed E-state index contributed by atoms with van der Waals surface area (Å²) < 4.78 is 72.9. The van der Waals surface area contributed by atoms with Gasteiger partial charge in [-0.05, 0) is 36.4 Å². The standard InChI is InChI=1S/C20H21Cl2F3N2O5S/c21-14-1-6-18(22)19(11-14)31-13-15(28)12-26-7-9-27(10-8-26)33(29,30)17-4-2-16(3-5-17)32-20(23,24)25/h1-6,11,15,28H,7-10,12-13H2. The number of aliphatic hydroxyl groups is 1. The van der Waals surface area contributed by atoms with Crippen molar-refractivity contribution in [2.45, 2.75) is 17.4 Å². The highest BCUT2D eigenvalue weighted by Gasteiger charge is 2.32. The van der Waals surface area contributed by atoms with E-state index in [2.05, 4.69) is 4.74 Å². The first-order valence-corrected chi connectivity index (χ1v) is 12.0. The number of sulfonamides is 1. The zero-order valence-corrected chi connectivity index (χ0v) is 19.5. The summed E-state index contributed by atoms with van der Waals surface area (Å²) in [6.07, 6.45) is -5.70. The molecule has 0 radical (unpaired) electrons. The van der Waals surface area contributed by atoms with Gasteiger partial charge in [0.15, 0.2) is 0 Å². The molecule has 0 saturated carbocycles. The molecule has 1 atom stereocenters. The number of hydrogen-bond donors (Lipinski definition) is 1. The molecule has 182 valence electrons. The van der Waals surface area contributed by atoms with Crippen LogP contribution in [-0.2, 0) is 10.0 Å². The van der Waals surface area contributed by atoms with Crippen molar-refractivity contribution in [1.82, 2.24) is 9.21 Å². The third kappa shape index (κ3) is 7.36. The highest BCUT2D eigenvalue weighted by Crippen LogP contribution is 2.28. The predicted molar refractivity (Wildman–Crippen MR) is 116 cm³/mol. The van der Waals surface area contributed by atoms with E-state index in [1.54, 1.807) is 18.2 Å². The Bertz CT molecular complexity index is 1050. The average Bonchev–Trinajstić information content (AvgIpc) is 2.74. The molecule has 3 rings (SSSR count). The van der Waals surface area contributed by atoms with E-state index < -0.39 is 28.2 Å². The van der Waals surface area contributed by atoms with Crippen LogP contribution in [0, 0.1) is 0 Å². The molecule has 13 heteroatoms. The van der Waals surface area contributed by atoms with E-state index in [4.69, 9.17) is 27.9 Å². The maximum Gasteiger partial charge on any atom is 0.573 e. The zero-order valence-electron chi connectivity index (χ0n) is 17.1. The molecule has 1 aliphatic heterocycles. The molecular weight excluding hydrogens is 508 g/mol. The van der Waals surface area contributed by atoms with Gasteiger partial charge in [-0.15, -0.1) is 13.2 Å². The van der Waals surface area contributed by atoms with Gasteiger partial charge in [0, 0.05) is 43.8 Å². The third-order valence-corrected chi connectivity index (χ3v) is 7.28. The SMILES string of the molecule is O=S(=O)(c1ccc(OC(F)(F)F)cc1)N1CCN(CC(O)COc2cc(Cl)ccc2Cl)CC1.